The second-order valence-corrected chi connectivity index (χ2v) is 5.04. The first kappa shape index (κ1) is 14.5. The molecule has 0 amide bonds. The van der Waals surface area contributed by atoms with E-state index in [1.54, 1.807) is 6.92 Å². The van der Waals surface area contributed by atoms with E-state index >= 15 is 0 Å². The van der Waals surface area contributed by atoms with Gasteiger partial charge in [-0.3, -0.25) is 0 Å². The largest absolute Gasteiger partial charge is 0.858 e. The van der Waals surface area contributed by atoms with Crippen molar-refractivity contribution < 1.29 is 18.3 Å². The van der Waals surface area contributed by atoms with Crippen molar-refractivity contribution in [3.63, 3.8) is 0 Å². The highest BCUT2D eigenvalue weighted by Gasteiger charge is 2.30. The van der Waals surface area contributed by atoms with E-state index in [4.69, 9.17) is 0 Å². The monoisotopic (exact) mass is 299 g/mol. The Balaban J connectivity index is 2.38. The molecule has 0 spiro atoms. The maximum atomic E-state index is 12.5. The van der Waals surface area contributed by atoms with Gasteiger partial charge in [0.25, 0.3) is 0 Å². The fourth-order valence-electron chi connectivity index (χ4n) is 1.62. The lowest BCUT2D eigenvalue weighted by molar-refractivity contribution is -0.212. The van der Waals surface area contributed by atoms with Crippen molar-refractivity contribution >= 4 is 17.2 Å². The molecule has 1 aromatic carbocycles. The Morgan fingerprint density at radius 1 is 1.25 bits per heavy atom. The highest BCUT2D eigenvalue weighted by molar-refractivity contribution is 7.17. The van der Waals surface area contributed by atoms with E-state index < -0.39 is 11.7 Å². The number of thiazole rings is 1. The Hall–Kier alpha value is -1.89. The Morgan fingerprint density at radius 2 is 1.85 bits per heavy atom. The third-order valence-corrected chi connectivity index (χ3v) is 3.85. The van der Waals surface area contributed by atoms with E-state index in [-0.39, 0.29) is 5.90 Å². The predicted octanol–water partition coefficient (Wildman–Crippen LogP) is 2.87. The Labute approximate surface area is 117 Å². The van der Waals surface area contributed by atoms with Crippen molar-refractivity contribution in [2.24, 2.45) is 4.99 Å². The maximum absolute atomic E-state index is 12.5. The number of rotatable bonds is 2. The van der Waals surface area contributed by atoms with Gasteiger partial charge in [-0.1, -0.05) is 12.1 Å². The number of alkyl halides is 3. The highest BCUT2D eigenvalue weighted by Crippen LogP contribution is 2.32. The SMILES string of the molecule is CN=C([O-])c1sc(-c2ccc(C(F)(F)F)cc2)nc1C. The normalized spacial score (nSPS) is 12.8. The Bertz CT molecular complexity index is 645. The first-order valence-corrected chi connectivity index (χ1v) is 6.44. The van der Waals surface area contributed by atoms with Gasteiger partial charge in [0, 0.05) is 18.5 Å². The topological polar surface area (TPSA) is 48.3 Å². The molecule has 0 saturated heterocycles. The van der Waals surface area contributed by atoms with Crippen molar-refractivity contribution in [1.82, 2.24) is 4.98 Å². The van der Waals surface area contributed by atoms with E-state index in [1.165, 1.54) is 19.2 Å². The number of aliphatic imine (C=N–C) groups is 1. The molecule has 0 bridgehead atoms. The number of nitrogens with zero attached hydrogens (tertiary/aromatic N) is 2. The van der Waals surface area contributed by atoms with Gasteiger partial charge in [0.15, 0.2) is 0 Å². The average molecular weight is 299 g/mol. The lowest BCUT2D eigenvalue weighted by Crippen LogP contribution is -2.17. The summed E-state index contributed by atoms with van der Waals surface area (Å²) >= 11 is 1.12. The van der Waals surface area contributed by atoms with Crippen LogP contribution in [-0.4, -0.2) is 17.9 Å². The van der Waals surface area contributed by atoms with Gasteiger partial charge in [-0.05, 0) is 19.1 Å². The molecule has 2 aromatic rings. The van der Waals surface area contributed by atoms with Gasteiger partial charge in [-0.15, -0.1) is 11.3 Å². The van der Waals surface area contributed by atoms with Crippen LogP contribution in [0.25, 0.3) is 10.6 Å². The molecule has 0 fully saturated rings. The molecule has 0 aliphatic rings. The second-order valence-electron chi connectivity index (χ2n) is 4.04. The van der Waals surface area contributed by atoms with Gasteiger partial charge in [0.2, 0.25) is 0 Å². The van der Waals surface area contributed by atoms with Gasteiger partial charge >= 0.3 is 6.18 Å². The predicted molar refractivity (Wildman–Crippen MR) is 69.8 cm³/mol. The third-order valence-electron chi connectivity index (χ3n) is 2.65. The number of hydrogen-bond acceptors (Lipinski definition) is 4. The van der Waals surface area contributed by atoms with Gasteiger partial charge in [0.1, 0.15) is 5.01 Å². The van der Waals surface area contributed by atoms with E-state index in [0.29, 0.717) is 21.1 Å². The van der Waals surface area contributed by atoms with Crippen molar-refractivity contribution in [2.45, 2.75) is 13.1 Å². The van der Waals surface area contributed by atoms with Gasteiger partial charge in [0.05, 0.1) is 16.1 Å². The van der Waals surface area contributed by atoms with Gasteiger partial charge in [-0.25, -0.2) is 4.98 Å². The van der Waals surface area contributed by atoms with Crippen LogP contribution in [-0.2, 0) is 6.18 Å². The summed E-state index contributed by atoms with van der Waals surface area (Å²) < 4.78 is 37.4. The van der Waals surface area contributed by atoms with Crippen molar-refractivity contribution in [3.05, 3.63) is 40.4 Å². The van der Waals surface area contributed by atoms with Crippen LogP contribution in [0, 0.1) is 6.92 Å². The van der Waals surface area contributed by atoms with Crippen LogP contribution in [0.1, 0.15) is 16.1 Å². The highest BCUT2D eigenvalue weighted by atomic mass is 32.1. The summed E-state index contributed by atoms with van der Waals surface area (Å²) in [5.41, 5.74) is 0.358. The molecule has 3 nitrogen and oxygen atoms in total. The molecular weight excluding hydrogens is 289 g/mol. The van der Waals surface area contributed by atoms with Crippen molar-refractivity contribution in [1.29, 1.82) is 0 Å². The van der Waals surface area contributed by atoms with E-state index in [1.807, 2.05) is 0 Å². The molecule has 0 aliphatic carbocycles. The molecule has 0 atom stereocenters. The number of aryl methyl sites for hydroxylation is 1. The summed E-state index contributed by atoms with van der Waals surface area (Å²) in [6.45, 7) is 1.67. The molecule has 0 radical (unpaired) electrons. The van der Waals surface area contributed by atoms with Crippen LogP contribution < -0.4 is 5.11 Å². The number of halogens is 3. The zero-order valence-corrected chi connectivity index (χ0v) is 11.5. The number of benzene rings is 1. The van der Waals surface area contributed by atoms with Crippen LogP contribution >= 0.6 is 11.3 Å². The van der Waals surface area contributed by atoms with Crippen LogP contribution in [0.2, 0.25) is 0 Å². The number of aromatic nitrogens is 1. The minimum absolute atomic E-state index is 0.377. The van der Waals surface area contributed by atoms with Crippen LogP contribution in [0.5, 0.6) is 0 Å². The molecule has 0 saturated carbocycles. The quantitative estimate of drug-likeness (QED) is 0.632. The molecule has 0 N–H and O–H groups in total. The molecular formula is C13H10F3N2OS-. The minimum atomic E-state index is -4.36. The average Bonchev–Trinajstić information content (AvgIpc) is 2.79. The van der Waals surface area contributed by atoms with Crippen LogP contribution in [0.15, 0.2) is 29.3 Å². The summed E-state index contributed by atoms with van der Waals surface area (Å²) in [5.74, 6) is -0.377. The molecule has 0 unspecified atom stereocenters. The summed E-state index contributed by atoms with van der Waals surface area (Å²) in [7, 11) is 1.39. The number of hydrogen-bond donors (Lipinski definition) is 0. The first-order chi connectivity index (χ1) is 9.32. The fourth-order valence-corrected chi connectivity index (χ4v) is 2.62. The zero-order chi connectivity index (χ0) is 14.9. The van der Waals surface area contributed by atoms with Gasteiger partial charge < -0.3 is 10.1 Å². The molecule has 7 heteroatoms. The maximum Gasteiger partial charge on any atom is 0.416 e. The lowest BCUT2D eigenvalue weighted by Gasteiger charge is -2.06. The summed E-state index contributed by atoms with van der Waals surface area (Å²) in [6.07, 6.45) is -4.36. The van der Waals surface area contributed by atoms with Crippen molar-refractivity contribution in [2.75, 3.05) is 7.05 Å². The van der Waals surface area contributed by atoms with E-state index in [0.717, 1.165) is 23.5 Å². The van der Waals surface area contributed by atoms with E-state index in [9.17, 15) is 18.3 Å². The lowest BCUT2D eigenvalue weighted by atomic mass is 10.1. The summed E-state index contributed by atoms with van der Waals surface area (Å²) in [6, 6.07) is 4.69. The second kappa shape index (κ2) is 5.24. The molecule has 2 rings (SSSR count). The third kappa shape index (κ3) is 2.82. The molecule has 1 aromatic heterocycles. The zero-order valence-electron chi connectivity index (χ0n) is 10.7. The van der Waals surface area contributed by atoms with Crippen LogP contribution in [0.4, 0.5) is 13.2 Å². The summed E-state index contributed by atoms with van der Waals surface area (Å²) in [5, 5.41) is 12.0. The Morgan fingerprint density at radius 3 is 2.35 bits per heavy atom. The standard InChI is InChI=1S/C13H11F3N2OS/c1-7-10(11(19)17-2)20-12(18-7)8-3-5-9(6-4-8)13(14,15)16/h3-6H,1-2H3,(H,17,19)/p-1. The summed E-state index contributed by atoms with van der Waals surface area (Å²) in [4.78, 5) is 8.16. The molecule has 106 valence electrons. The van der Waals surface area contributed by atoms with Gasteiger partial charge in [-0.2, -0.15) is 13.2 Å². The fraction of sp³-hybridized carbons (Fsp3) is 0.231. The van der Waals surface area contributed by atoms with E-state index in [2.05, 4.69) is 9.98 Å². The minimum Gasteiger partial charge on any atom is -0.858 e. The molecule has 1 heterocycles. The molecule has 20 heavy (non-hydrogen) atoms. The molecule has 0 aliphatic heterocycles. The first-order valence-electron chi connectivity index (χ1n) is 5.62. The smallest absolute Gasteiger partial charge is 0.416 e. The van der Waals surface area contributed by atoms with Crippen molar-refractivity contribution in [3.8, 4) is 10.6 Å². The Kier molecular flexibility index (Phi) is 3.80. The van der Waals surface area contributed by atoms with Crippen LogP contribution in [0.3, 0.4) is 0 Å².